The third-order valence-corrected chi connectivity index (χ3v) is 4.40. The number of rotatable bonds is 5. The average Bonchev–Trinajstić information content (AvgIpc) is 2.77. The first-order chi connectivity index (χ1) is 10.1. The fourth-order valence-electron chi connectivity index (χ4n) is 3.14. The van der Waals surface area contributed by atoms with Gasteiger partial charge in [0, 0.05) is 13.2 Å². The second-order valence-corrected chi connectivity index (χ2v) is 6.04. The molecule has 0 aliphatic heterocycles. The lowest BCUT2D eigenvalue weighted by atomic mass is 9.87. The highest BCUT2D eigenvalue weighted by Gasteiger charge is 2.42. The van der Waals surface area contributed by atoms with Crippen LogP contribution in [0.5, 0.6) is 5.75 Å². The van der Waals surface area contributed by atoms with E-state index in [1.807, 2.05) is 13.8 Å². The van der Waals surface area contributed by atoms with Crippen LogP contribution < -0.4 is 4.74 Å². The standard InChI is InChI=1S/C16H26N2O3/c1-12(2)18-14(13(20-3)11-17-18)15(19)16(21-4)9-7-5-6-8-10-16/h11-12H,5-10H2,1-4H3. The summed E-state index contributed by atoms with van der Waals surface area (Å²) >= 11 is 0. The largest absolute Gasteiger partial charge is 0.493 e. The molecule has 0 saturated heterocycles. The molecule has 1 fully saturated rings. The van der Waals surface area contributed by atoms with E-state index in [1.165, 1.54) is 12.8 Å². The van der Waals surface area contributed by atoms with Crippen molar-refractivity contribution in [3.8, 4) is 5.75 Å². The predicted octanol–water partition coefficient (Wildman–Crippen LogP) is 3.39. The molecule has 0 aromatic carbocycles. The number of aromatic nitrogens is 2. The van der Waals surface area contributed by atoms with Gasteiger partial charge in [0.1, 0.15) is 11.3 Å². The van der Waals surface area contributed by atoms with Gasteiger partial charge in [-0.2, -0.15) is 5.10 Å². The molecule has 0 spiro atoms. The van der Waals surface area contributed by atoms with E-state index < -0.39 is 5.60 Å². The second kappa shape index (κ2) is 6.60. The van der Waals surface area contributed by atoms with Crippen LogP contribution in [0.3, 0.4) is 0 Å². The summed E-state index contributed by atoms with van der Waals surface area (Å²) in [7, 11) is 3.22. The minimum Gasteiger partial charge on any atom is -0.493 e. The quantitative estimate of drug-likeness (QED) is 0.617. The molecule has 1 aromatic heterocycles. The van der Waals surface area contributed by atoms with Gasteiger partial charge in [0.2, 0.25) is 5.78 Å². The molecule has 1 saturated carbocycles. The molecule has 0 bridgehead atoms. The van der Waals surface area contributed by atoms with Crippen LogP contribution in [0.15, 0.2) is 6.20 Å². The van der Waals surface area contributed by atoms with Crippen molar-refractivity contribution in [2.75, 3.05) is 14.2 Å². The van der Waals surface area contributed by atoms with Crippen LogP contribution in [0.25, 0.3) is 0 Å². The lowest BCUT2D eigenvalue weighted by Crippen LogP contribution is -2.41. The molecule has 5 heteroatoms. The maximum atomic E-state index is 13.2. The molecule has 0 unspecified atom stereocenters. The Labute approximate surface area is 126 Å². The molecule has 0 amide bonds. The van der Waals surface area contributed by atoms with Crippen LogP contribution in [-0.2, 0) is 4.74 Å². The van der Waals surface area contributed by atoms with E-state index in [-0.39, 0.29) is 11.8 Å². The first kappa shape index (κ1) is 16.0. The number of Topliss-reactive ketones (excluding diaryl/α,β-unsaturated/α-hetero) is 1. The number of nitrogens with zero attached hydrogens (tertiary/aromatic N) is 2. The molecule has 1 aliphatic carbocycles. The first-order valence-corrected chi connectivity index (χ1v) is 7.77. The van der Waals surface area contributed by atoms with E-state index >= 15 is 0 Å². The molecule has 21 heavy (non-hydrogen) atoms. The summed E-state index contributed by atoms with van der Waals surface area (Å²) in [6.07, 6.45) is 7.55. The molecule has 0 atom stereocenters. The van der Waals surface area contributed by atoms with Gasteiger partial charge in [-0.1, -0.05) is 25.7 Å². The normalized spacial score (nSPS) is 18.5. The summed E-state index contributed by atoms with van der Waals surface area (Å²) < 4.78 is 12.8. The number of hydrogen-bond donors (Lipinski definition) is 0. The number of ketones is 1. The summed E-state index contributed by atoms with van der Waals surface area (Å²) in [5.41, 5.74) is -0.188. The van der Waals surface area contributed by atoms with E-state index in [9.17, 15) is 4.79 Å². The molecule has 118 valence electrons. The maximum Gasteiger partial charge on any atom is 0.216 e. The third kappa shape index (κ3) is 2.98. The van der Waals surface area contributed by atoms with Gasteiger partial charge in [0.15, 0.2) is 5.75 Å². The van der Waals surface area contributed by atoms with Crippen molar-refractivity contribution in [2.45, 2.75) is 64.0 Å². The Kier molecular flexibility index (Phi) is 5.04. The first-order valence-electron chi connectivity index (χ1n) is 7.77. The average molecular weight is 294 g/mol. The molecular formula is C16H26N2O3. The van der Waals surface area contributed by atoms with Crippen molar-refractivity contribution in [3.05, 3.63) is 11.9 Å². The van der Waals surface area contributed by atoms with Gasteiger partial charge in [-0.15, -0.1) is 0 Å². The van der Waals surface area contributed by atoms with Crippen LogP contribution >= 0.6 is 0 Å². The lowest BCUT2D eigenvalue weighted by molar-refractivity contribution is -0.00802. The zero-order valence-electron chi connectivity index (χ0n) is 13.5. The highest BCUT2D eigenvalue weighted by Crippen LogP contribution is 2.36. The Hall–Kier alpha value is -1.36. The van der Waals surface area contributed by atoms with Crippen molar-refractivity contribution in [1.82, 2.24) is 9.78 Å². The van der Waals surface area contributed by atoms with E-state index in [1.54, 1.807) is 25.1 Å². The van der Waals surface area contributed by atoms with Crippen molar-refractivity contribution >= 4 is 5.78 Å². The van der Waals surface area contributed by atoms with E-state index in [0.29, 0.717) is 11.4 Å². The third-order valence-electron chi connectivity index (χ3n) is 4.40. The van der Waals surface area contributed by atoms with Crippen LogP contribution in [0.1, 0.15) is 68.9 Å². The maximum absolute atomic E-state index is 13.2. The van der Waals surface area contributed by atoms with Crippen molar-refractivity contribution < 1.29 is 14.3 Å². The van der Waals surface area contributed by atoms with E-state index in [4.69, 9.17) is 9.47 Å². The second-order valence-electron chi connectivity index (χ2n) is 6.04. The summed E-state index contributed by atoms with van der Waals surface area (Å²) in [5.74, 6) is 0.546. The molecule has 1 aromatic rings. The highest BCUT2D eigenvalue weighted by atomic mass is 16.5. The van der Waals surface area contributed by atoms with Crippen LogP contribution in [0.4, 0.5) is 0 Å². The number of hydrogen-bond acceptors (Lipinski definition) is 4. The van der Waals surface area contributed by atoms with Crippen molar-refractivity contribution in [2.24, 2.45) is 0 Å². The molecular weight excluding hydrogens is 268 g/mol. The van der Waals surface area contributed by atoms with Crippen LogP contribution in [0, 0.1) is 0 Å². The Morgan fingerprint density at radius 3 is 2.33 bits per heavy atom. The zero-order chi connectivity index (χ0) is 15.5. The fourth-order valence-corrected chi connectivity index (χ4v) is 3.14. The topological polar surface area (TPSA) is 53.4 Å². The van der Waals surface area contributed by atoms with Gasteiger partial charge >= 0.3 is 0 Å². The van der Waals surface area contributed by atoms with Gasteiger partial charge < -0.3 is 9.47 Å². The fraction of sp³-hybridized carbons (Fsp3) is 0.750. The minimum absolute atomic E-state index is 0.00921. The monoisotopic (exact) mass is 294 g/mol. The summed E-state index contributed by atoms with van der Waals surface area (Å²) in [6.45, 7) is 4.02. The molecule has 5 nitrogen and oxygen atoms in total. The smallest absolute Gasteiger partial charge is 0.216 e. The molecule has 0 N–H and O–H groups in total. The van der Waals surface area contributed by atoms with Gasteiger partial charge in [0.05, 0.1) is 13.3 Å². The Balaban J connectivity index is 2.43. The molecule has 2 rings (SSSR count). The molecule has 1 aliphatic rings. The van der Waals surface area contributed by atoms with Gasteiger partial charge in [-0.05, 0) is 26.7 Å². The van der Waals surface area contributed by atoms with E-state index in [0.717, 1.165) is 25.7 Å². The van der Waals surface area contributed by atoms with Gasteiger partial charge in [0.25, 0.3) is 0 Å². The number of carbonyl (C=O) groups is 1. The van der Waals surface area contributed by atoms with Crippen LogP contribution in [0.2, 0.25) is 0 Å². The number of methoxy groups -OCH3 is 2. The Morgan fingerprint density at radius 2 is 1.86 bits per heavy atom. The number of ether oxygens (including phenoxy) is 2. The highest BCUT2D eigenvalue weighted by molar-refractivity contribution is 6.03. The lowest BCUT2D eigenvalue weighted by Gasteiger charge is -2.30. The minimum atomic E-state index is -0.726. The predicted molar refractivity (Wildman–Crippen MR) is 80.9 cm³/mol. The van der Waals surface area contributed by atoms with Crippen molar-refractivity contribution in [1.29, 1.82) is 0 Å². The summed E-state index contributed by atoms with van der Waals surface area (Å²) in [5, 5.41) is 4.31. The van der Waals surface area contributed by atoms with Gasteiger partial charge in [-0.3, -0.25) is 9.48 Å². The Bertz CT molecular complexity index is 486. The van der Waals surface area contributed by atoms with E-state index in [2.05, 4.69) is 5.10 Å². The SMILES string of the molecule is COc1cnn(C(C)C)c1C(=O)C1(OC)CCCCCC1. The van der Waals surface area contributed by atoms with Gasteiger partial charge in [-0.25, -0.2) is 0 Å². The molecule has 1 heterocycles. The van der Waals surface area contributed by atoms with Crippen LogP contribution in [-0.4, -0.2) is 35.4 Å². The molecule has 0 radical (unpaired) electrons. The number of carbonyl (C=O) groups excluding carboxylic acids is 1. The van der Waals surface area contributed by atoms with Crippen molar-refractivity contribution in [3.63, 3.8) is 0 Å². The zero-order valence-corrected chi connectivity index (χ0v) is 13.5. The summed E-state index contributed by atoms with van der Waals surface area (Å²) in [4.78, 5) is 13.2. The summed E-state index contributed by atoms with van der Waals surface area (Å²) in [6, 6.07) is 0.104. The Morgan fingerprint density at radius 1 is 1.24 bits per heavy atom.